The van der Waals surface area contributed by atoms with E-state index < -0.39 is 0 Å². The lowest BCUT2D eigenvalue weighted by Gasteiger charge is -2.27. The Morgan fingerprint density at radius 1 is 0.786 bits per heavy atom. The molecular weight excluding hydrogens is 176 g/mol. The first-order valence-corrected chi connectivity index (χ1v) is 5.12. The molecule has 0 aromatic rings. The minimum Gasteiger partial charge on any atom is -0.299 e. The highest BCUT2D eigenvalue weighted by molar-refractivity contribution is 5.82. The summed E-state index contributed by atoms with van der Waals surface area (Å²) in [5.41, 5.74) is -0.598. The molecule has 0 aliphatic carbocycles. The predicted molar refractivity (Wildman–Crippen MR) is 58.2 cm³/mol. The van der Waals surface area contributed by atoms with E-state index >= 15 is 0 Å². The van der Waals surface area contributed by atoms with E-state index in [4.69, 9.17) is 0 Å². The third kappa shape index (κ3) is 3.60. The van der Waals surface area contributed by atoms with Crippen molar-refractivity contribution in [2.75, 3.05) is 0 Å². The summed E-state index contributed by atoms with van der Waals surface area (Å²) >= 11 is 0. The van der Waals surface area contributed by atoms with E-state index in [2.05, 4.69) is 0 Å². The van der Waals surface area contributed by atoms with Gasteiger partial charge in [-0.15, -0.1) is 0 Å². The third-order valence-corrected chi connectivity index (χ3v) is 3.28. The number of rotatable bonds is 5. The van der Waals surface area contributed by atoms with Crippen LogP contribution in [0.15, 0.2) is 0 Å². The van der Waals surface area contributed by atoms with Crippen molar-refractivity contribution in [1.29, 1.82) is 0 Å². The lowest BCUT2D eigenvalue weighted by atomic mass is 9.75. The quantitative estimate of drug-likeness (QED) is 0.680. The molecular formula is C12H22O2. The van der Waals surface area contributed by atoms with Crippen LogP contribution in [0.2, 0.25) is 0 Å². The summed E-state index contributed by atoms with van der Waals surface area (Å²) in [7, 11) is 0. The fraction of sp³-hybridized carbons (Fsp3) is 0.833. The zero-order chi connectivity index (χ0) is 11.6. The first-order valence-electron chi connectivity index (χ1n) is 5.12. The number of hydrogen-bond donors (Lipinski definition) is 0. The van der Waals surface area contributed by atoms with Crippen LogP contribution in [0, 0.1) is 10.8 Å². The molecule has 0 amide bonds. The highest BCUT2D eigenvalue weighted by atomic mass is 16.1. The molecule has 2 nitrogen and oxygen atoms in total. The summed E-state index contributed by atoms with van der Waals surface area (Å²) in [6.07, 6.45) is 1.55. The molecule has 0 unspecified atom stereocenters. The van der Waals surface area contributed by atoms with E-state index in [1.165, 1.54) is 0 Å². The Kier molecular flexibility index (Phi) is 4.04. The van der Waals surface area contributed by atoms with Gasteiger partial charge in [0.2, 0.25) is 0 Å². The molecule has 0 aliphatic rings. The summed E-state index contributed by atoms with van der Waals surface area (Å²) < 4.78 is 0. The van der Waals surface area contributed by atoms with E-state index in [0.717, 1.165) is 12.8 Å². The topological polar surface area (TPSA) is 34.1 Å². The molecule has 0 atom stereocenters. The van der Waals surface area contributed by atoms with Crippen molar-refractivity contribution in [3.63, 3.8) is 0 Å². The lowest BCUT2D eigenvalue weighted by molar-refractivity contribution is -0.128. The Bertz CT molecular complexity index is 211. The summed E-state index contributed by atoms with van der Waals surface area (Å²) in [6, 6.07) is 0. The SMILES string of the molecule is CC(=O)C(C)(C)CCC(C)(C)C(C)=O. The predicted octanol–water partition coefficient (Wildman–Crippen LogP) is 3.00. The molecule has 0 heterocycles. The maximum absolute atomic E-state index is 11.3. The average molecular weight is 198 g/mol. The summed E-state index contributed by atoms with van der Waals surface area (Å²) in [5, 5.41) is 0. The van der Waals surface area contributed by atoms with Crippen LogP contribution >= 0.6 is 0 Å². The van der Waals surface area contributed by atoms with Gasteiger partial charge in [0.05, 0.1) is 0 Å². The third-order valence-electron chi connectivity index (χ3n) is 3.28. The van der Waals surface area contributed by atoms with Gasteiger partial charge in [0, 0.05) is 10.8 Å². The van der Waals surface area contributed by atoms with E-state index in [1.807, 2.05) is 27.7 Å². The van der Waals surface area contributed by atoms with Crippen LogP contribution in [0.4, 0.5) is 0 Å². The molecule has 0 bridgehead atoms. The fourth-order valence-corrected chi connectivity index (χ4v) is 0.977. The average Bonchev–Trinajstić information content (AvgIpc) is 2.01. The van der Waals surface area contributed by atoms with Crippen molar-refractivity contribution in [3.8, 4) is 0 Å². The minimum atomic E-state index is -0.299. The smallest absolute Gasteiger partial charge is 0.135 e. The van der Waals surface area contributed by atoms with Crippen LogP contribution in [0.5, 0.6) is 0 Å². The highest BCUT2D eigenvalue weighted by Gasteiger charge is 2.30. The number of ketones is 2. The van der Waals surface area contributed by atoms with E-state index in [9.17, 15) is 9.59 Å². The van der Waals surface area contributed by atoms with Crippen LogP contribution in [-0.2, 0) is 9.59 Å². The van der Waals surface area contributed by atoms with Gasteiger partial charge in [-0.1, -0.05) is 27.7 Å². The Labute approximate surface area is 87.1 Å². The number of carbonyl (C=O) groups excluding carboxylic acids is 2. The van der Waals surface area contributed by atoms with Crippen LogP contribution in [0.25, 0.3) is 0 Å². The number of hydrogen-bond acceptors (Lipinski definition) is 2. The normalized spacial score (nSPS) is 12.7. The maximum atomic E-state index is 11.3. The molecule has 0 N–H and O–H groups in total. The second-order valence-corrected chi connectivity index (χ2v) is 5.38. The Hall–Kier alpha value is -0.660. The van der Waals surface area contributed by atoms with Crippen molar-refractivity contribution >= 4 is 11.6 Å². The maximum Gasteiger partial charge on any atom is 0.135 e. The molecule has 0 radical (unpaired) electrons. The fourth-order valence-electron chi connectivity index (χ4n) is 0.977. The number of carbonyl (C=O) groups is 2. The molecule has 82 valence electrons. The molecule has 0 aromatic carbocycles. The van der Waals surface area contributed by atoms with Crippen LogP contribution in [0.1, 0.15) is 54.4 Å². The van der Waals surface area contributed by atoms with Crippen molar-refractivity contribution in [2.24, 2.45) is 10.8 Å². The molecule has 2 heteroatoms. The van der Waals surface area contributed by atoms with Crippen LogP contribution in [0.3, 0.4) is 0 Å². The van der Waals surface area contributed by atoms with Gasteiger partial charge >= 0.3 is 0 Å². The number of Topliss-reactive ketones (excluding diaryl/α,β-unsaturated/α-hetero) is 2. The van der Waals surface area contributed by atoms with Gasteiger partial charge in [-0.05, 0) is 26.7 Å². The van der Waals surface area contributed by atoms with Crippen LogP contribution in [-0.4, -0.2) is 11.6 Å². The first kappa shape index (κ1) is 13.3. The second-order valence-electron chi connectivity index (χ2n) is 5.38. The van der Waals surface area contributed by atoms with E-state index in [1.54, 1.807) is 13.8 Å². The molecule has 0 rings (SSSR count). The Balaban J connectivity index is 4.32. The van der Waals surface area contributed by atoms with E-state index in [0.29, 0.717) is 0 Å². The standard InChI is InChI=1S/C12H22O2/c1-9(13)11(3,4)7-8-12(5,6)10(2)14/h7-8H2,1-6H3. The van der Waals surface area contributed by atoms with Gasteiger partial charge in [-0.3, -0.25) is 9.59 Å². The Morgan fingerprint density at radius 3 is 1.14 bits per heavy atom. The van der Waals surface area contributed by atoms with Gasteiger partial charge in [0.1, 0.15) is 11.6 Å². The molecule has 14 heavy (non-hydrogen) atoms. The Morgan fingerprint density at radius 2 is 1.00 bits per heavy atom. The second kappa shape index (κ2) is 4.24. The van der Waals surface area contributed by atoms with E-state index in [-0.39, 0.29) is 22.4 Å². The van der Waals surface area contributed by atoms with Crippen LogP contribution < -0.4 is 0 Å². The first-order chi connectivity index (χ1) is 6.09. The van der Waals surface area contributed by atoms with Gasteiger partial charge in [0.25, 0.3) is 0 Å². The zero-order valence-electron chi connectivity index (χ0n) is 10.2. The summed E-state index contributed by atoms with van der Waals surface area (Å²) in [6.45, 7) is 11.0. The monoisotopic (exact) mass is 198 g/mol. The molecule has 0 aromatic heterocycles. The van der Waals surface area contributed by atoms with Gasteiger partial charge in [0.15, 0.2) is 0 Å². The van der Waals surface area contributed by atoms with Gasteiger partial charge in [-0.2, -0.15) is 0 Å². The largest absolute Gasteiger partial charge is 0.299 e. The molecule has 0 aliphatic heterocycles. The molecule has 0 saturated carbocycles. The zero-order valence-corrected chi connectivity index (χ0v) is 10.2. The van der Waals surface area contributed by atoms with Crippen molar-refractivity contribution in [3.05, 3.63) is 0 Å². The molecule has 0 saturated heterocycles. The minimum absolute atomic E-state index is 0.192. The molecule has 0 spiro atoms. The highest BCUT2D eigenvalue weighted by Crippen LogP contribution is 2.31. The van der Waals surface area contributed by atoms with Gasteiger partial charge in [-0.25, -0.2) is 0 Å². The van der Waals surface area contributed by atoms with Crippen molar-refractivity contribution in [2.45, 2.75) is 54.4 Å². The van der Waals surface area contributed by atoms with Gasteiger partial charge < -0.3 is 0 Å². The summed E-state index contributed by atoms with van der Waals surface area (Å²) in [5.74, 6) is 0.383. The molecule has 0 fully saturated rings. The van der Waals surface area contributed by atoms with Crippen molar-refractivity contribution in [1.82, 2.24) is 0 Å². The lowest BCUT2D eigenvalue weighted by Crippen LogP contribution is -2.27. The summed E-state index contributed by atoms with van der Waals surface area (Å²) in [4.78, 5) is 22.5. The van der Waals surface area contributed by atoms with Crippen molar-refractivity contribution < 1.29 is 9.59 Å².